The van der Waals surface area contributed by atoms with Gasteiger partial charge < -0.3 is 0 Å². The van der Waals surface area contributed by atoms with Crippen LogP contribution in [0.5, 0.6) is 0 Å². The van der Waals surface area contributed by atoms with Crippen molar-refractivity contribution in [2.45, 2.75) is 40.0 Å². The molecule has 0 aliphatic rings. The van der Waals surface area contributed by atoms with Gasteiger partial charge in [-0.1, -0.05) is 27.2 Å². The van der Waals surface area contributed by atoms with Crippen molar-refractivity contribution in [3.63, 3.8) is 0 Å². The minimum absolute atomic E-state index is 0.477. The van der Waals surface area contributed by atoms with Crippen LogP contribution in [-0.4, -0.2) is 11.9 Å². The van der Waals surface area contributed by atoms with Gasteiger partial charge in [0, 0.05) is 0 Å². The van der Waals surface area contributed by atoms with Crippen molar-refractivity contribution in [1.82, 2.24) is 0 Å². The SMILES string of the molecule is CCC(CCOO)CC(C)C. The summed E-state index contributed by atoms with van der Waals surface area (Å²) in [5.41, 5.74) is 0. The second-order valence-electron chi connectivity index (χ2n) is 3.53. The van der Waals surface area contributed by atoms with E-state index in [1.807, 2.05) is 0 Å². The molecule has 68 valence electrons. The van der Waals surface area contributed by atoms with Crippen molar-refractivity contribution in [3.05, 3.63) is 0 Å². The molecule has 0 aromatic rings. The molecular weight excluding hydrogens is 140 g/mol. The second-order valence-corrected chi connectivity index (χ2v) is 3.53. The summed E-state index contributed by atoms with van der Waals surface area (Å²) in [6, 6.07) is 0. The van der Waals surface area contributed by atoms with Crippen LogP contribution >= 0.6 is 0 Å². The van der Waals surface area contributed by atoms with E-state index in [0.717, 1.165) is 12.3 Å². The average Bonchev–Trinajstić information content (AvgIpc) is 1.97. The first kappa shape index (κ1) is 10.9. The van der Waals surface area contributed by atoms with Crippen molar-refractivity contribution in [1.29, 1.82) is 0 Å². The lowest BCUT2D eigenvalue weighted by atomic mass is 9.92. The molecule has 1 N–H and O–H groups in total. The van der Waals surface area contributed by atoms with E-state index in [4.69, 9.17) is 5.26 Å². The first-order valence-corrected chi connectivity index (χ1v) is 4.47. The molecule has 1 atom stereocenters. The summed E-state index contributed by atoms with van der Waals surface area (Å²) in [6.07, 6.45) is 3.40. The zero-order chi connectivity index (χ0) is 8.69. The Bertz CT molecular complexity index is 81.6. The summed E-state index contributed by atoms with van der Waals surface area (Å²) in [7, 11) is 0. The fourth-order valence-electron chi connectivity index (χ4n) is 1.37. The van der Waals surface area contributed by atoms with Gasteiger partial charge in [-0.2, -0.15) is 0 Å². The van der Waals surface area contributed by atoms with Gasteiger partial charge in [0.05, 0.1) is 6.61 Å². The Labute approximate surface area is 69.5 Å². The Morgan fingerprint density at radius 1 is 1.36 bits per heavy atom. The quantitative estimate of drug-likeness (QED) is 0.478. The van der Waals surface area contributed by atoms with Crippen molar-refractivity contribution in [2.24, 2.45) is 11.8 Å². The summed E-state index contributed by atoms with van der Waals surface area (Å²) in [5, 5.41) is 8.14. The van der Waals surface area contributed by atoms with Gasteiger partial charge in [0.25, 0.3) is 0 Å². The predicted molar refractivity (Wildman–Crippen MR) is 46.4 cm³/mol. The van der Waals surface area contributed by atoms with Gasteiger partial charge in [0.15, 0.2) is 0 Å². The van der Waals surface area contributed by atoms with Gasteiger partial charge in [0.1, 0.15) is 0 Å². The van der Waals surface area contributed by atoms with Gasteiger partial charge in [0.2, 0.25) is 0 Å². The first-order valence-electron chi connectivity index (χ1n) is 4.47. The van der Waals surface area contributed by atoms with Gasteiger partial charge >= 0.3 is 0 Å². The van der Waals surface area contributed by atoms with Crippen LogP contribution in [0.25, 0.3) is 0 Å². The predicted octanol–water partition coefficient (Wildman–Crippen LogP) is 2.94. The molecule has 0 rings (SSSR count). The maximum Gasteiger partial charge on any atom is 0.0822 e. The van der Waals surface area contributed by atoms with E-state index in [9.17, 15) is 0 Å². The zero-order valence-corrected chi connectivity index (χ0v) is 7.84. The van der Waals surface area contributed by atoms with E-state index in [-0.39, 0.29) is 0 Å². The molecule has 1 unspecified atom stereocenters. The average molecular weight is 160 g/mol. The zero-order valence-electron chi connectivity index (χ0n) is 7.84. The summed E-state index contributed by atoms with van der Waals surface area (Å²) in [4.78, 5) is 4.06. The van der Waals surface area contributed by atoms with Gasteiger partial charge in [-0.25, -0.2) is 4.89 Å². The van der Waals surface area contributed by atoms with Crippen LogP contribution < -0.4 is 0 Å². The molecule has 2 nitrogen and oxygen atoms in total. The van der Waals surface area contributed by atoms with Gasteiger partial charge in [-0.3, -0.25) is 5.26 Å². The van der Waals surface area contributed by atoms with Gasteiger partial charge in [-0.05, 0) is 24.7 Å². The second kappa shape index (κ2) is 6.62. The highest BCUT2D eigenvalue weighted by Crippen LogP contribution is 2.18. The van der Waals surface area contributed by atoms with Crippen molar-refractivity contribution in [2.75, 3.05) is 6.61 Å². The minimum atomic E-state index is 0.477. The van der Waals surface area contributed by atoms with E-state index in [1.54, 1.807) is 0 Å². The van der Waals surface area contributed by atoms with Crippen LogP contribution in [-0.2, 0) is 4.89 Å². The smallest absolute Gasteiger partial charge is 0.0822 e. The molecule has 0 fully saturated rings. The summed E-state index contributed by atoms with van der Waals surface area (Å²) in [6.45, 7) is 7.11. The maximum atomic E-state index is 8.14. The Morgan fingerprint density at radius 2 is 2.00 bits per heavy atom. The molecule has 0 bridgehead atoms. The first-order chi connectivity index (χ1) is 5.20. The van der Waals surface area contributed by atoms with Crippen LogP contribution in [0.2, 0.25) is 0 Å². The monoisotopic (exact) mass is 160 g/mol. The number of hydrogen-bond donors (Lipinski definition) is 1. The molecule has 0 heterocycles. The van der Waals surface area contributed by atoms with E-state index in [1.165, 1.54) is 12.8 Å². The third kappa shape index (κ3) is 6.32. The highest BCUT2D eigenvalue weighted by atomic mass is 17.1. The molecule has 0 radical (unpaired) electrons. The van der Waals surface area contributed by atoms with Crippen molar-refractivity contribution < 1.29 is 10.1 Å². The molecule has 0 aromatic carbocycles. The van der Waals surface area contributed by atoms with E-state index < -0.39 is 0 Å². The Balaban J connectivity index is 3.41. The molecule has 0 aliphatic carbocycles. The molecule has 2 heteroatoms. The molecule has 0 saturated carbocycles. The number of hydrogen-bond acceptors (Lipinski definition) is 2. The third-order valence-electron chi connectivity index (χ3n) is 2.00. The minimum Gasteiger partial charge on any atom is -0.252 e. The normalized spacial score (nSPS) is 13.9. The molecule has 0 saturated heterocycles. The molecule has 0 aromatic heterocycles. The Morgan fingerprint density at radius 3 is 2.36 bits per heavy atom. The highest BCUT2D eigenvalue weighted by Gasteiger charge is 2.07. The lowest BCUT2D eigenvalue weighted by Gasteiger charge is -2.15. The van der Waals surface area contributed by atoms with Crippen LogP contribution in [0.15, 0.2) is 0 Å². The fraction of sp³-hybridized carbons (Fsp3) is 1.00. The standard InChI is InChI=1S/C9H20O2/c1-4-9(5-6-11-10)7-8(2)3/h8-10H,4-7H2,1-3H3. The summed E-state index contributed by atoms with van der Waals surface area (Å²) in [5.74, 6) is 1.46. The van der Waals surface area contributed by atoms with Crippen LogP contribution in [0.1, 0.15) is 40.0 Å². The Kier molecular flexibility index (Phi) is 6.57. The fourth-order valence-corrected chi connectivity index (χ4v) is 1.37. The lowest BCUT2D eigenvalue weighted by molar-refractivity contribution is -0.244. The summed E-state index contributed by atoms with van der Waals surface area (Å²) >= 11 is 0. The van der Waals surface area contributed by atoms with E-state index >= 15 is 0 Å². The van der Waals surface area contributed by atoms with Crippen molar-refractivity contribution >= 4 is 0 Å². The Hall–Kier alpha value is -0.0800. The summed E-state index contributed by atoms with van der Waals surface area (Å²) < 4.78 is 0. The largest absolute Gasteiger partial charge is 0.252 e. The van der Waals surface area contributed by atoms with Gasteiger partial charge in [-0.15, -0.1) is 0 Å². The number of rotatable bonds is 6. The molecule has 0 amide bonds. The lowest BCUT2D eigenvalue weighted by Crippen LogP contribution is -2.06. The molecule has 11 heavy (non-hydrogen) atoms. The van der Waals surface area contributed by atoms with Crippen LogP contribution in [0.4, 0.5) is 0 Å². The molecule has 0 spiro atoms. The topological polar surface area (TPSA) is 29.5 Å². The van der Waals surface area contributed by atoms with Crippen LogP contribution in [0, 0.1) is 11.8 Å². The van der Waals surface area contributed by atoms with E-state index in [0.29, 0.717) is 12.5 Å². The van der Waals surface area contributed by atoms with Crippen molar-refractivity contribution in [3.8, 4) is 0 Å². The maximum absolute atomic E-state index is 8.14. The molecular formula is C9H20O2. The molecule has 0 aliphatic heterocycles. The van der Waals surface area contributed by atoms with E-state index in [2.05, 4.69) is 25.7 Å². The third-order valence-corrected chi connectivity index (χ3v) is 2.00. The van der Waals surface area contributed by atoms with Crippen LogP contribution in [0.3, 0.4) is 0 Å². The highest BCUT2D eigenvalue weighted by molar-refractivity contribution is 4.58.